The molecule has 2 amide bonds. The molecule has 0 fully saturated rings. The monoisotopic (exact) mass is 352 g/mol. The molecular weight excluding hydrogens is 328 g/mol. The van der Waals surface area contributed by atoms with Gasteiger partial charge in [0.05, 0.1) is 23.6 Å². The Morgan fingerprint density at radius 1 is 1.27 bits per heavy atom. The summed E-state index contributed by atoms with van der Waals surface area (Å²) in [7, 11) is 1.75. The van der Waals surface area contributed by atoms with Gasteiger partial charge < -0.3 is 10.2 Å². The molecule has 26 heavy (non-hydrogen) atoms. The highest BCUT2D eigenvalue weighted by Gasteiger charge is 2.18. The van der Waals surface area contributed by atoms with Gasteiger partial charge in [-0.1, -0.05) is 26.8 Å². The first kappa shape index (κ1) is 17.7. The van der Waals surface area contributed by atoms with Crippen LogP contribution >= 0.6 is 0 Å². The van der Waals surface area contributed by atoms with Crippen LogP contribution in [0.3, 0.4) is 0 Å². The molecule has 3 rings (SSSR count). The van der Waals surface area contributed by atoms with Gasteiger partial charge in [-0.25, -0.2) is 9.48 Å². The van der Waals surface area contributed by atoms with Crippen molar-refractivity contribution in [2.75, 3.05) is 12.4 Å². The highest BCUT2D eigenvalue weighted by molar-refractivity contribution is 5.89. The summed E-state index contributed by atoms with van der Waals surface area (Å²) >= 11 is 0. The Morgan fingerprint density at radius 3 is 2.73 bits per heavy atom. The molecular formula is C19H24N6O. The summed E-state index contributed by atoms with van der Waals surface area (Å²) in [5, 5.41) is 14.5. The van der Waals surface area contributed by atoms with E-state index in [1.54, 1.807) is 22.8 Å². The molecule has 0 aliphatic carbocycles. The third-order valence-electron chi connectivity index (χ3n) is 4.02. The van der Waals surface area contributed by atoms with Crippen LogP contribution in [0.2, 0.25) is 0 Å². The molecule has 0 atom stereocenters. The molecule has 0 saturated heterocycles. The molecule has 2 heterocycles. The summed E-state index contributed by atoms with van der Waals surface area (Å²) in [5.74, 6) is 0. The number of amides is 2. The standard InChI is InChI=1S/C19H24N6O/c1-19(2,3)17-12-15(22-23-17)13-24(4)18(26)21-14-7-5-8-16(11-14)25-10-6-9-20-25/h5-12H,13H2,1-4H3,(H,21,26)(H,22,23). The number of aromatic nitrogens is 4. The van der Waals surface area contributed by atoms with Gasteiger partial charge in [-0.15, -0.1) is 0 Å². The Hall–Kier alpha value is -3.09. The van der Waals surface area contributed by atoms with E-state index in [1.807, 2.05) is 42.6 Å². The maximum absolute atomic E-state index is 12.5. The smallest absolute Gasteiger partial charge is 0.321 e. The van der Waals surface area contributed by atoms with E-state index in [2.05, 4.69) is 41.4 Å². The maximum atomic E-state index is 12.5. The Morgan fingerprint density at radius 2 is 2.08 bits per heavy atom. The number of hydrogen-bond acceptors (Lipinski definition) is 3. The molecule has 0 aliphatic rings. The Bertz CT molecular complexity index is 876. The predicted molar refractivity (Wildman–Crippen MR) is 101 cm³/mol. The quantitative estimate of drug-likeness (QED) is 0.753. The van der Waals surface area contributed by atoms with Crippen molar-refractivity contribution in [3.8, 4) is 5.69 Å². The van der Waals surface area contributed by atoms with Crippen LogP contribution < -0.4 is 5.32 Å². The van der Waals surface area contributed by atoms with Gasteiger partial charge in [0, 0.05) is 30.5 Å². The molecule has 136 valence electrons. The molecule has 2 aromatic heterocycles. The fourth-order valence-corrected chi connectivity index (χ4v) is 2.52. The minimum absolute atomic E-state index is 0.0253. The largest absolute Gasteiger partial charge is 0.322 e. The van der Waals surface area contributed by atoms with Crippen molar-refractivity contribution in [2.24, 2.45) is 0 Å². The number of H-pyrrole nitrogens is 1. The van der Waals surface area contributed by atoms with Crippen molar-refractivity contribution in [3.05, 3.63) is 60.2 Å². The van der Waals surface area contributed by atoms with Crippen molar-refractivity contribution in [3.63, 3.8) is 0 Å². The molecule has 0 unspecified atom stereocenters. The van der Waals surface area contributed by atoms with Gasteiger partial charge in [0.1, 0.15) is 0 Å². The second kappa shape index (κ2) is 7.03. The topological polar surface area (TPSA) is 78.8 Å². The Labute approximate surface area is 153 Å². The first-order valence-corrected chi connectivity index (χ1v) is 8.50. The number of hydrogen-bond donors (Lipinski definition) is 2. The number of nitrogens with one attached hydrogen (secondary N) is 2. The summed E-state index contributed by atoms with van der Waals surface area (Å²) in [6.07, 6.45) is 3.58. The molecule has 0 saturated carbocycles. The predicted octanol–water partition coefficient (Wildman–Crippen LogP) is 3.56. The van der Waals surface area contributed by atoms with Crippen LogP contribution in [0.15, 0.2) is 48.8 Å². The highest BCUT2D eigenvalue weighted by atomic mass is 16.2. The van der Waals surface area contributed by atoms with Gasteiger partial charge in [-0.05, 0) is 30.3 Å². The van der Waals surface area contributed by atoms with Crippen LogP contribution in [0.4, 0.5) is 10.5 Å². The van der Waals surface area contributed by atoms with Crippen molar-refractivity contribution < 1.29 is 4.79 Å². The molecule has 0 spiro atoms. The number of benzene rings is 1. The van der Waals surface area contributed by atoms with E-state index < -0.39 is 0 Å². The average molecular weight is 352 g/mol. The lowest BCUT2D eigenvalue weighted by atomic mass is 9.92. The first-order chi connectivity index (χ1) is 12.3. The molecule has 0 aliphatic heterocycles. The lowest BCUT2D eigenvalue weighted by Gasteiger charge is -2.17. The first-order valence-electron chi connectivity index (χ1n) is 8.50. The summed E-state index contributed by atoms with van der Waals surface area (Å²) in [4.78, 5) is 14.1. The Kier molecular flexibility index (Phi) is 4.79. The van der Waals surface area contributed by atoms with Crippen LogP contribution in [-0.4, -0.2) is 38.0 Å². The van der Waals surface area contributed by atoms with Gasteiger partial charge in [0.25, 0.3) is 0 Å². The van der Waals surface area contributed by atoms with Crippen molar-refractivity contribution in [1.29, 1.82) is 0 Å². The van der Waals surface area contributed by atoms with Gasteiger partial charge in [-0.3, -0.25) is 5.10 Å². The zero-order valence-electron chi connectivity index (χ0n) is 15.5. The van der Waals surface area contributed by atoms with E-state index in [0.717, 1.165) is 22.8 Å². The number of aromatic amines is 1. The third kappa shape index (κ3) is 4.11. The molecule has 7 nitrogen and oxygen atoms in total. The number of urea groups is 1. The summed E-state index contributed by atoms with van der Waals surface area (Å²) in [6.45, 7) is 6.77. The molecule has 0 bridgehead atoms. The van der Waals surface area contributed by atoms with E-state index in [9.17, 15) is 4.79 Å². The molecule has 0 radical (unpaired) electrons. The third-order valence-corrected chi connectivity index (χ3v) is 4.02. The zero-order chi connectivity index (χ0) is 18.7. The van der Waals surface area contributed by atoms with Crippen LogP contribution in [-0.2, 0) is 12.0 Å². The molecule has 3 aromatic rings. The SMILES string of the molecule is CN(Cc1cc(C(C)(C)C)n[nH]1)C(=O)Nc1cccc(-n2cccn2)c1. The lowest BCUT2D eigenvalue weighted by molar-refractivity contribution is 0.220. The van der Waals surface area contributed by atoms with Crippen LogP contribution in [0.25, 0.3) is 5.69 Å². The van der Waals surface area contributed by atoms with Gasteiger partial charge in [0.15, 0.2) is 0 Å². The van der Waals surface area contributed by atoms with Gasteiger partial charge in [0.2, 0.25) is 0 Å². The van der Waals surface area contributed by atoms with E-state index in [0.29, 0.717) is 6.54 Å². The minimum atomic E-state index is -0.186. The number of rotatable bonds is 4. The summed E-state index contributed by atoms with van der Waals surface area (Å²) < 4.78 is 1.75. The lowest BCUT2D eigenvalue weighted by Crippen LogP contribution is -2.31. The normalized spacial score (nSPS) is 11.4. The second-order valence-corrected chi connectivity index (χ2v) is 7.32. The second-order valence-electron chi connectivity index (χ2n) is 7.32. The number of nitrogens with zero attached hydrogens (tertiary/aromatic N) is 4. The highest BCUT2D eigenvalue weighted by Crippen LogP contribution is 2.21. The number of carbonyl (C=O) groups excluding carboxylic acids is 1. The van der Waals surface area contributed by atoms with E-state index in [-0.39, 0.29) is 11.4 Å². The van der Waals surface area contributed by atoms with Crippen LogP contribution in [0, 0.1) is 0 Å². The summed E-state index contributed by atoms with van der Waals surface area (Å²) in [6, 6.07) is 11.2. The molecule has 7 heteroatoms. The van der Waals surface area contributed by atoms with Crippen molar-refractivity contribution in [2.45, 2.75) is 32.7 Å². The fourth-order valence-electron chi connectivity index (χ4n) is 2.52. The van der Waals surface area contributed by atoms with E-state index >= 15 is 0 Å². The minimum Gasteiger partial charge on any atom is -0.322 e. The molecule has 1 aromatic carbocycles. The van der Waals surface area contributed by atoms with Crippen molar-refractivity contribution in [1.82, 2.24) is 24.9 Å². The molecule has 2 N–H and O–H groups in total. The average Bonchev–Trinajstić information content (AvgIpc) is 3.26. The zero-order valence-corrected chi connectivity index (χ0v) is 15.5. The van der Waals surface area contributed by atoms with Crippen LogP contribution in [0.5, 0.6) is 0 Å². The number of anilines is 1. The summed E-state index contributed by atoms with van der Waals surface area (Å²) in [5.41, 5.74) is 3.46. The maximum Gasteiger partial charge on any atom is 0.321 e. The van der Waals surface area contributed by atoms with E-state index in [4.69, 9.17) is 0 Å². The number of carbonyl (C=O) groups is 1. The Balaban J connectivity index is 1.64. The van der Waals surface area contributed by atoms with Gasteiger partial charge in [-0.2, -0.15) is 10.2 Å². The van der Waals surface area contributed by atoms with Crippen LogP contribution in [0.1, 0.15) is 32.2 Å². The fraction of sp³-hybridized carbons (Fsp3) is 0.316. The van der Waals surface area contributed by atoms with E-state index in [1.165, 1.54) is 0 Å². The van der Waals surface area contributed by atoms with Crippen molar-refractivity contribution >= 4 is 11.7 Å². The van der Waals surface area contributed by atoms with Gasteiger partial charge >= 0.3 is 6.03 Å².